The van der Waals surface area contributed by atoms with Gasteiger partial charge in [0, 0.05) is 32.1 Å². The molecule has 1 saturated heterocycles. The summed E-state index contributed by atoms with van der Waals surface area (Å²) in [5.74, 6) is 0.190. The maximum absolute atomic E-state index is 13.1. The lowest BCUT2D eigenvalue weighted by Gasteiger charge is -2.36. The van der Waals surface area contributed by atoms with Crippen LogP contribution in [0.2, 0.25) is 0 Å². The van der Waals surface area contributed by atoms with E-state index in [9.17, 15) is 14.4 Å². The van der Waals surface area contributed by atoms with E-state index in [0.29, 0.717) is 25.1 Å². The van der Waals surface area contributed by atoms with Crippen LogP contribution in [-0.4, -0.2) is 54.0 Å². The van der Waals surface area contributed by atoms with Gasteiger partial charge >= 0.3 is 6.03 Å². The van der Waals surface area contributed by atoms with Crippen molar-refractivity contribution in [2.75, 3.05) is 18.9 Å². The minimum absolute atomic E-state index is 0.0128. The maximum Gasteiger partial charge on any atom is 0.318 e. The van der Waals surface area contributed by atoms with Crippen LogP contribution in [0.5, 0.6) is 0 Å². The summed E-state index contributed by atoms with van der Waals surface area (Å²) in [6.45, 7) is 4.63. The number of hydrogen-bond donors (Lipinski definition) is 4. The summed E-state index contributed by atoms with van der Waals surface area (Å²) >= 11 is 0. The highest BCUT2D eigenvalue weighted by Gasteiger charge is 2.53. The van der Waals surface area contributed by atoms with E-state index in [1.807, 2.05) is 18.2 Å². The molecule has 1 heterocycles. The number of benzene rings is 1. The number of anilines is 1. The Kier molecular flexibility index (Phi) is 6.66. The number of urea groups is 1. The monoisotopic (exact) mass is 455 g/mol. The van der Waals surface area contributed by atoms with Crippen molar-refractivity contribution in [3.05, 3.63) is 29.3 Å². The number of likely N-dealkylation sites (N-methyl/N-ethyl adjacent to an activating group) is 1. The predicted molar refractivity (Wildman–Crippen MR) is 128 cm³/mol. The van der Waals surface area contributed by atoms with Crippen molar-refractivity contribution >= 4 is 23.5 Å². The van der Waals surface area contributed by atoms with E-state index in [1.165, 1.54) is 6.42 Å². The largest absolute Gasteiger partial charge is 0.357 e. The molecule has 0 spiro atoms. The quantitative estimate of drug-likeness (QED) is 0.526. The third-order valence-corrected chi connectivity index (χ3v) is 7.80. The topological polar surface area (TPSA) is 117 Å². The Hall–Kier alpha value is -2.61. The summed E-state index contributed by atoms with van der Waals surface area (Å²) in [7, 11) is 1.61. The third-order valence-electron chi connectivity index (χ3n) is 7.80. The van der Waals surface area contributed by atoms with Crippen molar-refractivity contribution in [2.45, 2.75) is 76.4 Å². The summed E-state index contributed by atoms with van der Waals surface area (Å²) in [6.07, 6.45) is 6.36. The number of nitrogens with one attached hydrogen (secondary N) is 3. The molecule has 1 aromatic rings. The Morgan fingerprint density at radius 2 is 1.85 bits per heavy atom. The lowest BCUT2D eigenvalue weighted by molar-refractivity contribution is -0.130. The number of nitrogens with zero attached hydrogens (tertiary/aromatic N) is 1. The first-order valence-electron chi connectivity index (χ1n) is 12.2. The van der Waals surface area contributed by atoms with Crippen LogP contribution in [-0.2, 0) is 22.4 Å². The van der Waals surface area contributed by atoms with Crippen LogP contribution < -0.4 is 21.7 Å². The fraction of sp³-hybridized carbons (Fsp3) is 0.640. The van der Waals surface area contributed by atoms with Gasteiger partial charge in [-0.05, 0) is 47.9 Å². The van der Waals surface area contributed by atoms with Crippen molar-refractivity contribution in [3.63, 3.8) is 0 Å². The van der Waals surface area contributed by atoms with Crippen molar-refractivity contribution in [3.8, 4) is 0 Å². The van der Waals surface area contributed by atoms with Gasteiger partial charge < -0.3 is 26.6 Å². The van der Waals surface area contributed by atoms with Crippen LogP contribution in [0.3, 0.4) is 0 Å². The first-order valence-corrected chi connectivity index (χ1v) is 12.2. The fourth-order valence-corrected chi connectivity index (χ4v) is 5.68. The molecule has 8 heteroatoms. The summed E-state index contributed by atoms with van der Waals surface area (Å²) in [4.78, 5) is 40.5. The second kappa shape index (κ2) is 9.33. The minimum Gasteiger partial charge on any atom is -0.357 e. The van der Waals surface area contributed by atoms with Crippen LogP contribution >= 0.6 is 0 Å². The molecule has 0 bridgehead atoms. The molecule has 1 saturated carbocycles. The van der Waals surface area contributed by atoms with Crippen molar-refractivity contribution < 1.29 is 14.4 Å². The molecule has 3 atom stereocenters. The molecule has 5 N–H and O–H groups in total. The third kappa shape index (κ3) is 4.45. The van der Waals surface area contributed by atoms with Crippen LogP contribution in [0.4, 0.5) is 10.5 Å². The molecule has 0 radical (unpaired) electrons. The zero-order valence-corrected chi connectivity index (χ0v) is 19.9. The van der Waals surface area contributed by atoms with Gasteiger partial charge in [0.05, 0.1) is 12.1 Å². The number of hydrogen-bond acceptors (Lipinski definition) is 4. The van der Waals surface area contributed by atoms with E-state index in [2.05, 4.69) is 29.8 Å². The molecule has 180 valence electrons. The minimum atomic E-state index is -0.966. The van der Waals surface area contributed by atoms with E-state index in [1.54, 1.807) is 11.9 Å². The summed E-state index contributed by atoms with van der Waals surface area (Å²) in [5, 5.41) is 8.79. The van der Waals surface area contributed by atoms with E-state index in [4.69, 9.17) is 5.73 Å². The van der Waals surface area contributed by atoms with Crippen LogP contribution in [0.1, 0.15) is 57.1 Å². The van der Waals surface area contributed by atoms with Gasteiger partial charge in [0.25, 0.3) is 0 Å². The number of amides is 4. The summed E-state index contributed by atoms with van der Waals surface area (Å²) < 4.78 is 0. The average Bonchev–Trinajstić information content (AvgIpc) is 3.39. The second-order valence-corrected chi connectivity index (χ2v) is 10.3. The number of carbonyl (C=O) groups excluding carboxylic acids is 3. The second-order valence-electron chi connectivity index (χ2n) is 10.3. The number of carbonyl (C=O) groups is 3. The fourth-order valence-electron chi connectivity index (χ4n) is 5.68. The SMILES string of the molecule is CNC(=O)C1(N2C[C@@H](C(C)C)NC2=O)Cc2ccc(NC(=O)[C@@H](N)C3CCCCC3)cc2C1. The molecule has 2 fully saturated rings. The molecule has 1 aliphatic heterocycles. The van der Waals surface area contributed by atoms with Gasteiger partial charge in [-0.15, -0.1) is 0 Å². The Balaban J connectivity index is 1.52. The number of nitrogens with two attached hydrogens (primary N) is 1. The molecule has 4 amide bonds. The zero-order chi connectivity index (χ0) is 23.8. The summed E-state index contributed by atoms with van der Waals surface area (Å²) in [6, 6.07) is 5.06. The van der Waals surface area contributed by atoms with Crippen LogP contribution in [0.15, 0.2) is 18.2 Å². The molecule has 4 rings (SSSR count). The first-order chi connectivity index (χ1) is 15.7. The summed E-state index contributed by atoms with van der Waals surface area (Å²) in [5.41, 5.74) is 7.99. The number of rotatable bonds is 6. The average molecular weight is 456 g/mol. The van der Waals surface area contributed by atoms with Gasteiger partial charge in [0.1, 0.15) is 5.54 Å². The molecular formula is C25H37N5O3. The molecule has 33 heavy (non-hydrogen) atoms. The van der Waals surface area contributed by atoms with E-state index in [-0.39, 0.29) is 35.7 Å². The first kappa shape index (κ1) is 23.5. The Morgan fingerprint density at radius 1 is 1.15 bits per heavy atom. The lowest BCUT2D eigenvalue weighted by Crippen LogP contribution is -2.60. The molecule has 3 aliphatic rings. The predicted octanol–water partition coefficient (Wildman–Crippen LogP) is 2.17. The smallest absolute Gasteiger partial charge is 0.318 e. The Morgan fingerprint density at radius 3 is 2.48 bits per heavy atom. The highest BCUT2D eigenvalue weighted by atomic mass is 16.2. The van der Waals surface area contributed by atoms with Gasteiger partial charge in [0.15, 0.2) is 0 Å². The normalized spacial score (nSPS) is 26.2. The zero-order valence-electron chi connectivity index (χ0n) is 19.9. The molecule has 1 aromatic carbocycles. The van der Waals surface area contributed by atoms with E-state index < -0.39 is 11.6 Å². The Labute approximate surface area is 196 Å². The van der Waals surface area contributed by atoms with Gasteiger partial charge in [-0.1, -0.05) is 39.2 Å². The molecular weight excluding hydrogens is 418 g/mol. The van der Waals surface area contributed by atoms with Crippen LogP contribution in [0.25, 0.3) is 0 Å². The maximum atomic E-state index is 13.1. The van der Waals surface area contributed by atoms with E-state index in [0.717, 1.165) is 36.8 Å². The standard InChI is InChI=1S/C25H37N5O3/c1-15(2)20-14-30(24(33)29-20)25(23(32)27-3)12-17-9-10-19(11-18(17)13-25)28-22(31)21(26)16-7-5-4-6-8-16/h9-11,15-16,20-21H,4-8,12-14,26H2,1-3H3,(H,27,32)(H,28,31)(H,29,33)/t20-,21-,25?/m0/s1. The highest BCUT2D eigenvalue weighted by Crippen LogP contribution is 2.38. The van der Waals surface area contributed by atoms with Gasteiger partial charge in [-0.25, -0.2) is 4.79 Å². The van der Waals surface area contributed by atoms with Crippen molar-refractivity contribution in [2.24, 2.45) is 17.6 Å². The number of fused-ring (bicyclic) bond motifs is 1. The van der Waals surface area contributed by atoms with Gasteiger partial charge in [-0.3, -0.25) is 9.59 Å². The molecule has 1 unspecified atom stereocenters. The van der Waals surface area contributed by atoms with Gasteiger partial charge in [-0.2, -0.15) is 0 Å². The van der Waals surface area contributed by atoms with Gasteiger partial charge in [0.2, 0.25) is 11.8 Å². The van der Waals surface area contributed by atoms with Crippen molar-refractivity contribution in [1.82, 2.24) is 15.5 Å². The molecule has 2 aliphatic carbocycles. The Bertz CT molecular complexity index is 927. The molecule has 8 nitrogen and oxygen atoms in total. The van der Waals surface area contributed by atoms with Crippen molar-refractivity contribution in [1.29, 1.82) is 0 Å². The highest BCUT2D eigenvalue weighted by molar-refractivity contribution is 5.96. The van der Waals surface area contributed by atoms with E-state index >= 15 is 0 Å². The molecule has 0 aromatic heterocycles. The lowest BCUT2D eigenvalue weighted by atomic mass is 9.84. The van der Waals surface area contributed by atoms with Crippen LogP contribution in [0, 0.1) is 11.8 Å².